The molecule has 0 amide bonds. The maximum atomic E-state index is 12.4. The Kier molecular flexibility index (Phi) is 4.82. The van der Waals surface area contributed by atoms with Crippen molar-refractivity contribution in [2.24, 2.45) is 0 Å². The highest BCUT2D eigenvalue weighted by molar-refractivity contribution is 7.90. The molecule has 0 aliphatic rings. The summed E-state index contributed by atoms with van der Waals surface area (Å²) in [5, 5.41) is 12.1. The van der Waals surface area contributed by atoms with Gasteiger partial charge in [-0.3, -0.25) is 0 Å². The highest BCUT2D eigenvalue weighted by Gasteiger charge is 2.19. The van der Waals surface area contributed by atoms with E-state index < -0.39 is 15.8 Å². The van der Waals surface area contributed by atoms with E-state index in [1.165, 1.54) is 18.2 Å². The number of rotatable bonds is 6. The van der Waals surface area contributed by atoms with Crippen molar-refractivity contribution in [2.75, 3.05) is 11.9 Å². The van der Waals surface area contributed by atoms with Crippen LogP contribution in [0.5, 0.6) is 0 Å². The van der Waals surface area contributed by atoms with Crippen LogP contribution in [0.4, 0.5) is 5.69 Å². The van der Waals surface area contributed by atoms with Gasteiger partial charge in [0.15, 0.2) is 9.84 Å². The largest absolute Gasteiger partial charge is 0.478 e. The number of nitrogens with one attached hydrogen (secondary N) is 1. The summed E-state index contributed by atoms with van der Waals surface area (Å²) >= 11 is 0. The molecule has 0 spiro atoms. The van der Waals surface area contributed by atoms with Crippen LogP contribution in [0.25, 0.3) is 0 Å². The summed E-state index contributed by atoms with van der Waals surface area (Å²) < 4.78 is 24.9. The zero-order valence-electron chi connectivity index (χ0n) is 12.1. The second-order valence-electron chi connectivity index (χ2n) is 4.79. The van der Waals surface area contributed by atoms with Gasteiger partial charge in [-0.25, -0.2) is 13.2 Å². The number of carboxylic acids is 1. The van der Waals surface area contributed by atoms with E-state index in [4.69, 9.17) is 0 Å². The maximum absolute atomic E-state index is 12.4. The Morgan fingerprint density at radius 1 is 1.14 bits per heavy atom. The van der Waals surface area contributed by atoms with Gasteiger partial charge in [0.05, 0.1) is 16.2 Å². The molecule has 0 aromatic heterocycles. The van der Waals surface area contributed by atoms with Gasteiger partial charge in [-0.15, -0.1) is 0 Å². The Balaban J connectivity index is 2.39. The molecule has 0 bridgehead atoms. The van der Waals surface area contributed by atoms with E-state index in [1.807, 2.05) is 13.0 Å². The van der Waals surface area contributed by atoms with Crippen molar-refractivity contribution in [3.8, 4) is 0 Å². The van der Waals surface area contributed by atoms with Crippen LogP contribution in [-0.2, 0) is 15.6 Å². The smallest absolute Gasteiger partial charge is 0.337 e. The second-order valence-corrected chi connectivity index (χ2v) is 6.78. The fraction of sp³-hybridized carbons (Fsp3) is 0.188. The highest BCUT2D eigenvalue weighted by atomic mass is 32.2. The molecule has 0 unspecified atom stereocenters. The first-order chi connectivity index (χ1) is 10.4. The van der Waals surface area contributed by atoms with Gasteiger partial charge in [-0.1, -0.05) is 30.3 Å². The van der Waals surface area contributed by atoms with E-state index in [1.54, 1.807) is 24.3 Å². The minimum atomic E-state index is -3.59. The summed E-state index contributed by atoms with van der Waals surface area (Å²) in [5.74, 6) is -1.32. The lowest BCUT2D eigenvalue weighted by Gasteiger charge is -2.10. The molecular formula is C16H17NO4S. The van der Waals surface area contributed by atoms with Crippen LogP contribution in [0, 0.1) is 0 Å². The highest BCUT2D eigenvalue weighted by Crippen LogP contribution is 2.23. The molecule has 0 aliphatic carbocycles. The van der Waals surface area contributed by atoms with Crippen LogP contribution in [0.3, 0.4) is 0 Å². The molecule has 22 heavy (non-hydrogen) atoms. The number of sulfone groups is 1. The molecule has 2 aromatic carbocycles. The molecule has 0 atom stereocenters. The standard InChI is InChI=1S/C16H17NO4S/c1-2-17-15-9-8-13(10-14(15)16(18)19)22(20,21)11-12-6-4-3-5-7-12/h3-10,17H,2,11H2,1H3,(H,18,19). The fourth-order valence-corrected chi connectivity index (χ4v) is 3.49. The zero-order valence-corrected chi connectivity index (χ0v) is 12.9. The number of hydrogen-bond donors (Lipinski definition) is 2. The Morgan fingerprint density at radius 3 is 2.41 bits per heavy atom. The molecule has 0 radical (unpaired) electrons. The minimum Gasteiger partial charge on any atom is -0.478 e. The number of benzene rings is 2. The van der Waals surface area contributed by atoms with Gasteiger partial charge in [-0.05, 0) is 30.7 Å². The molecule has 0 fully saturated rings. The molecule has 0 aliphatic heterocycles. The number of anilines is 1. The molecule has 0 saturated heterocycles. The van der Waals surface area contributed by atoms with Crippen LogP contribution in [0.2, 0.25) is 0 Å². The molecule has 2 aromatic rings. The third kappa shape index (κ3) is 3.65. The molecule has 116 valence electrons. The zero-order chi connectivity index (χ0) is 16.2. The van der Waals surface area contributed by atoms with Gasteiger partial charge < -0.3 is 10.4 Å². The molecule has 5 nitrogen and oxygen atoms in total. The molecule has 0 saturated carbocycles. The molecule has 2 N–H and O–H groups in total. The fourth-order valence-electron chi connectivity index (χ4n) is 2.12. The molecule has 6 heteroatoms. The first kappa shape index (κ1) is 16.0. The molecule has 2 rings (SSSR count). The Labute approximate surface area is 129 Å². The summed E-state index contributed by atoms with van der Waals surface area (Å²) in [7, 11) is -3.59. The third-order valence-electron chi connectivity index (χ3n) is 3.15. The predicted molar refractivity (Wildman–Crippen MR) is 84.9 cm³/mol. The second kappa shape index (κ2) is 6.62. The van der Waals surface area contributed by atoms with Crippen molar-refractivity contribution in [2.45, 2.75) is 17.6 Å². The van der Waals surface area contributed by atoms with Gasteiger partial charge in [0, 0.05) is 12.2 Å². The number of aromatic carboxylic acids is 1. The monoisotopic (exact) mass is 319 g/mol. The number of carboxylic acid groups (broad SMARTS) is 1. The molecule has 0 heterocycles. The van der Waals surface area contributed by atoms with Crippen molar-refractivity contribution in [3.63, 3.8) is 0 Å². The van der Waals surface area contributed by atoms with Gasteiger partial charge in [-0.2, -0.15) is 0 Å². The van der Waals surface area contributed by atoms with Crippen molar-refractivity contribution in [1.29, 1.82) is 0 Å². The van der Waals surface area contributed by atoms with Crippen LogP contribution in [0.15, 0.2) is 53.4 Å². The van der Waals surface area contributed by atoms with Gasteiger partial charge in [0.1, 0.15) is 0 Å². The normalized spacial score (nSPS) is 11.1. The quantitative estimate of drug-likeness (QED) is 0.855. The first-order valence-corrected chi connectivity index (χ1v) is 8.47. The summed E-state index contributed by atoms with van der Waals surface area (Å²) in [5.41, 5.74) is 1.03. The Bertz CT molecular complexity index is 770. The average Bonchev–Trinajstić information content (AvgIpc) is 2.48. The van der Waals surface area contributed by atoms with E-state index in [0.717, 1.165) is 0 Å². The Morgan fingerprint density at radius 2 is 1.82 bits per heavy atom. The lowest BCUT2D eigenvalue weighted by Crippen LogP contribution is -2.10. The summed E-state index contributed by atoms with van der Waals surface area (Å²) in [6.07, 6.45) is 0. The number of carbonyl (C=O) groups is 1. The van der Waals surface area contributed by atoms with Gasteiger partial charge >= 0.3 is 5.97 Å². The van der Waals surface area contributed by atoms with E-state index in [9.17, 15) is 18.3 Å². The van der Waals surface area contributed by atoms with Crippen molar-refractivity contribution in [1.82, 2.24) is 0 Å². The van der Waals surface area contributed by atoms with E-state index >= 15 is 0 Å². The third-order valence-corrected chi connectivity index (χ3v) is 4.83. The summed E-state index contributed by atoms with van der Waals surface area (Å²) in [6.45, 7) is 2.39. The van der Waals surface area contributed by atoms with Gasteiger partial charge in [0.25, 0.3) is 0 Å². The Hall–Kier alpha value is -2.34. The van der Waals surface area contributed by atoms with Gasteiger partial charge in [0.2, 0.25) is 0 Å². The summed E-state index contributed by atoms with van der Waals surface area (Å²) in [6, 6.07) is 12.9. The van der Waals surface area contributed by atoms with Crippen molar-refractivity contribution < 1.29 is 18.3 Å². The van der Waals surface area contributed by atoms with E-state index in [2.05, 4.69) is 5.32 Å². The first-order valence-electron chi connectivity index (χ1n) is 6.82. The van der Waals surface area contributed by atoms with E-state index in [0.29, 0.717) is 17.8 Å². The minimum absolute atomic E-state index is 0.00964. The maximum Gasteiger partial charge on any atom is 0.337 e. The summed E-state index contributed by atoms with van der Waals surface area (Å²) in [4.78, 5) is 11.3. The van der Waals surface area contributed by atoms with Crippen LogP contribution >= 0.6 is 0 Å². The average molecular weight is 319 g/mol. The SMILES string of the molecule is CCNc1ccc(S(=O)(=O)Cc2ccccc2)cc1C(=O)O. The lowest BCUT2D eigenvalue weighted by atomic mass is 10.2. The molecular weight excluding hydrogens is 302 g/mol. The van der Waals surface area contributed by atoms with Crippen LogP contribution in [-0.4, -0.2) is 26.0 Å². The topological polar surface area (TPSA) is 83.5 Å². The van der Waals surface area contributed by atoms with Crippen LogP contribution < -0.4 is 5.32 Å². The van der Waals surface area contributed by atoms with Crippen molar-refractivity contribution >= 4 is 21.5 Å². The number of hydrogen-bond acceptors (Lipinski definition) is 4. The lowest BCUT2D eigenvalue weighted by molar-refractivity contribution is 0.0697. The van der Waals surface area contributed by atoms with Crippen molar-refractivity contribution in [3.05, 3.63) is 59.7 Å². The predicted octanol–water partition coefficient (Wildman–Crippen LogP) is 2.79. The van der Waals surface area contributed by atoms with Crippen LogP contribution in [0.1, 0.15) is 22.8 Å². The van der Waals surface area contributed by atoms with E-state index in [-0.39, 0.29) is 16.2 Å².